The molecule has 0 amide bonds. The van der Waals surface area contributed by atoms with Gasteiger partial charge in [-0.15, -0.1) is 0 Å². The van der Waals surface area contributed by atoms with E-state index in [9.17, 15) is 0 Å². The molecular formula is C9H6N4S2. The van der Waals surface area contributed by atoms with Crippen LogP contribution in [0, 0.1) is 18.3 Å². The van der Waals surface area contributed by atoms with Crippen LogP contribution in [-0.4, -0.2) is 14.3 Å². The van der Waals surface area contributed by atoms with Crippen LogP contribution >= 0.6 is 23.3 Å². The maximum Gasteiger partial charge on any atom is 0.174 e. The van der Waals surface area contributed by atoms with Crippen LogP contribution in [0.4, 0.5) is 0 Å². The molecule has 0 saturated heterocycles. The van der Waals surface area contributed by atoms with Crippen LogP contribution in [0.5, 0.6) is 0 Å². The first-order valence-electron chi connectivity index (χ1n) is 4.12. The summed E-state index contributed by atoms with van der Waals surface area (Å²) in [5.41, 5.74) is 0.418. The van der Waals surface area contributed by atoms with Gasteiger partial charge in [-0.2, -0.15) is 9.64 Å². The topological polar surface area (TPSA) is 62.5 Å². The summed E-state index contributed by atoms with van der Waals surface area (Å²) in [5, 5.41) is 8.69. The molecule has 0 spiro atoms. The summed E-state index contributed by atoms with van der Waals surface area (Å²) < 4.78 is 4.96. The highest BCUT2D eigenvalue weighted by atomic mass is 32.2. The summed E-state index contributed by atoms with van der Waals surface area (Å²) in [5.74, 6) is 0.775. The van der Waals surface area contributed by atoms with Crippen LogP contribution in [0.3, 0.4) is 0 Å². The number of hydrogen-bond donors (Lipinski definition) is 0. The summed E-state index contributed by atoms with van der Waals surface area (Å²) in [6, 6.07) is 5.59. The first-order valence-corrected chi connectivity index (χ1v) is 5.71. The van der Waals surface area contributed by atoms with Gasteiger partial charge in [0.15, 0.2) is 4.34 Å². The van der Waals surface area contributed by atoms with Crippen molar-refractivity contribution in [1.82, 2.24) is 14.3 Å². The molecule has 0 aromatic carbocycles. The van der Waals surface area contributed by atoms with Gasteiger partial charge >= 0.3 is 0 Å². The quantitative estimate of drug-likeness (QED) is 0.797. The third-order valence-corrected chi connectivity index (χ3v) is 3.39. The number of aryl methyl sites for hydroxylation is 1. The Kier molecular flexibility index (Phi) is 2.94. The predicted molar refractivity (Wildman–Crippen MR) is 57.7 cm³/mol. The molecule has 0 atom stereocenters. The molecule has 0 aliphatic heterocycles. The van der Waals surface area contributed by atoms with Crippen LogP contribution in [0.1, 0.15) is 11.5 Å². The number of nitriles is 1. The molecule has 4 nitrogen and oxygen atoms in total. The number of aromatic nitrogens is 3. The number of rotatable bonds is 2. The Morgan fingerprint density at radius 3 is 3.07 bits per heavy atom. The van der Waals surface area contributed by atoms with Crippen LogP contribution in [0.15, 0.2) is 27.6 Å². The lowest BCUT2D eigenvalue weighted by Gasteiger charge is -1.95. The minimum Gasteiger partial charge on any atom is -0.245 e. The number of hydrogen-bond acceptors (Lipinski definition) is 6. The van der Waals surface area contributed by atoms with Crippen LogP contribution < -0.4 is 0 Å². The minimum absolute atomic E-state index is 0.418. The Bertz CT molecular complexity index is 515. The standard InChI is InChI=1S/C9H6N4S2/c1-6-12-9(15-13-6)14-8-2-3-11-7(4-8)5-10/h2-4H,1H3. The fraction of sp³-hybridized carbons (Fsp3) is 0.111. The van der Waals surface area contributed by atoms with Gasteiger partial charge in [-0.05, 0) is 30.6 Å². The fourth-order valence-corrected chi connectivity index (χ4v) is 2.61. The lowest BCUT2D eigenvalue weighted by molar-refractivity contribution is 1.10. The predicted octanol–water partition coefficient (Wildman–Crippen LogP) is 2.26. The van der Waals surface area contributed by atoms with Crippen molar-refractivity contribution in [3.63, 3.8) is 0 Å². The molecule has 0 aliphatic rings. The molecular weight excluding hydrogens is 228 g/mol. The van der Waals surface area contributed by atoms with E-state index < -0.39 is 0 Å². The maximum atomic E-state index is 8.69. The SMILES string of the molecule is Cc1nsc(Sc2ccnc(C#N)c2)n1. The van der Waals surface area contributed by atoms with E-state index in [1.807, 2.05) is 19.1 Å². The summed E-state index contributed by atoms with van der Waals surface area (Å²) in [6.45, 7) is 1.85. The normalized spacial score (nSPS) is 9.87. The van der Waals surface area contributed by atoms with E-state index in [4.69, 9.17) is 5.26 Å². The molecule has 0 radical (unpaired) electrons. The van der Waals surface area contributed by atoms with Gasteiger partial charge in [-0.3, -0.25) is 0 Å². The van der Waals surface area contributed by atoms with Crippen molar-refractivity contribution in [3.05, 3.63) is 29.8 Å². The van der Waals surface area contributed by atoms with E-state index in [2.05, 4.69) is 14.3 Å². The average Bonchev–Trinajstić information content (AvgIpc) is 2.64. The van der Waals surface area contributed by atoms with Gasteiger partial charge in [-0.25, -0.2) is 9.97 Å². The molecule has 2 aromatic heterocycles. The van der Waals surface area contributed by atoms with Gasteiger partial charge in [0.1, 0.15) is 17.6 Å². The second-order valence-corrected chi connectivity index (χ2v) is 4.77. The molecule has 2 aromatic rings. The molecule has 0 bridgehead atoms. The molecule has 0 saturated carbocycles. The van der Waals surface area contributed by atoms with Gasteiger partial charge in [0.05, 0.1) is 0 Å². The molecule has 0 unspecified atom stereocenters. The van der Waals surface area contributed by atoms with Crippen molar-refractivity contribution in [2.24, 2.45) is 0 Å². The zero-order chi connectivity index (χ0) is 10.7. The van der Waals surface area contributed by atoms with Gasteiger partial charge < -0.3 is 0 Å². The van der Waals surface area contributed by atoms with Gasteiger partial charge in [-0.1, -0.05) is 11.8 Å². The van der Waals surface area contributed by atoms with Crippen LogP contribution in [-0.2, 0) is 0 Å². The molecule has 2 rings (SSSR count). The van der Waals surface area contributed by atoms with E-state index in [1.165, 1.54) is 23.3 Å². The maximum absolute atomic E-state index is 8.69. The molecule has 6 heteroatoms. The van der Waals surface area contributed by atoms with Crippen LogP contribution in [0.25, 0.3) is 0 Å². The Morgan fingerprint density at radius 1 is 1.53 bits per heavy atom. The molecule has 0 fully saturated rings. The largest absolute Gasteiger partial charge is 0.245 e. The smallest absolute Gasteiger partial charge is 0.174 e. The summed E-state index contributed by atoms with van der Waals surface area (Å²) in [7, 11) is 0. The second kappa shape index (κ2) is 4.38. The zero-order valence-corrected chi connectivity index (χ0v) is 9.47. The van der Waals surface area contributed by atoms with Gasteiger partial charge in [0.2, 0.25) is 0 Å². The summed E-state index contributed by atoms with van der Waals surface area (Å²) in [4.78, 5) is 9.08. The lowest BCUT2D eigenvalue weighted by Crippen LogP contribution is -1.81. The Balaban J connectivity index is 2.21. The van der Waals surface area contributed by atoms with Gasteiger partial charge in [0.25, 0.3) is 0 Å². The zero-order valence-electron chi connectivity index (χ0n) is 7.84. The highest BCUT2D eigenvalue weighted by molar-refractivity contribution is 8.01. The number of nitrogens with zero attached hydrogens (tertiary/aromatic N) is 4. The third-order valence-electron chi connectivity index (χ3n) is 1.56. The molecule has 15 heavy (non-hydrogen) atoms. The van der Waals surface area contributed by atoms with E-state index in [1.54, 1.807) is 12.3 Å². The lowest BCUT2D eigenvalue weighted by atomic mass is 10.4. The van der Waals surface area contributed by atoms with Crippen molar-refractivity contribution >= 4 is 23.3 Å². The third kappa shape index (κ3) is 2.52. The van der Waals surface area contributed by atoms with Crippen molar-refractivity contribution in [2.75, 3.05) is 0 Å². The van der Waals surface area contributed by atoms with Crippen molar-refractivity contribution < 1.29 is 0 Å². The first kappa shape index (κ1) is 10.1. The molecule has 0 N–H and O–H groups in total. The average molecular weight is 234 g/mol. The second-order valence-electron chi connectivity index (χ2n) is 2.70. The number of pyridine rings is 1. The Labute approximate surface area is 95.2 Å². The van der Waals surface area contributed by atoms with E-state index in [0.29, 0.717) is 5.69 Å². The van der Waals surface area contributed by atoms with Crippen molar-refractivity contribution in [1.29, 1.82) is 5.26 Å². The highest BCUT2D eigenvalue weighted by Gasteiger charge is 2.03. The van der Waals surface area contributed by atoms with Crippen molar-refractivity contribution in [2.45, 2.75) is 16.2 Å². The molecule has 0 aliphatic carbocycles. The van der Waals surface area contributed by atoms with Crippen molar-refractivity contribution in [3.8, 4) is 6.07 Å². The summed E-state index contributed by atoms with van der Waals surface area (Å²) in [6.07, 6.45) is 1.62. The highest BCUT2D eigenvalue weighted by Crippen LogP contribution is 2.28. The molecule has 74 valence electrons. The Hall–Kier alpha value is -1.45. The Morgan fingerprint density at radius 2 is 2.40 bits per heavy atom. The first-order chi connectivity index (χ1) is 7.28. The summed E-state index contributed by atoms with van der Waals surface area (Å²) >= 11 is 2.85. The fourth-order valence-electron chi connectivity index (χ4n) is 0.956. The van der Waals surface area contributed by atoms with Gasteiger partial charge in [0, 0.05) is 11.1 Å². The van der Waals surface area contributed by atoms with E-state index in [0.717, 1.165) is 15.1 Å². The van der Waals surface area contributed by atoms with E-state index in [-0.39, 0.29) is 0 Å². The molecule has 2 heterocycles. The van der Waals surface area contributed by atoms with E-state index >= 15 is 0 Å². The minimum atomic E-state index is 0.418. The van der Waals surface area contributed by atoms with Crippen LogP contribution in [0.2, 0.25) is 0 Å². The monoisotopic (exact) mass is 234 g/mol.